The van der Waals surface area contributed by atoms with Gasteiger partial charge >= 0.3 is 0 Å². The summed E-state index contributed by atoms with van der Waals surface area (Å²) in [5.41, 5.74) is 2.31. The van der Waals surface area contributed by atoms with E-state index in [4.69, 9.17) is 16.0 Å². The summed E-state index contributed by atoms with van der Waals surface area (Å²) in [6, 6.07) is 21.2. The zero-order chi connectivity index (χ0) is 17.2. The van der Waals surface area contributed by atoms with Crippen LogP contribution in [0.15, 0.2) is 65.1 Å². The van der Waals surface area contributed by atoms with Crippen LogP contribution in [0.4, 0.5) is 0 Å². The minimum Gasteiger partial charge on any atom is -0.457 e. The van der Waals surface area contributed by atoms with Gasteiger partial charge in [0.05, 0.1) is 15.8 Å². The van der Waals surface area contributed by atoms with Crippen molar-refractivity contribution in [1.29, 1.82) is 5.26 Å². The third kappa shape index (κ3) is 3.20. The van der Waals surface area contributed by atoms with E-state index in [2.05, 4.69) is 11.1 Å². The van der Waals surface area contributed by atoms with Crippen LogP contribution in [-0.2, 0) is 0 Å². The Balaban J connectivity index is 1.69. The Morgan fingerprint density at radius 2 is 1.88 bits per heavy atom. The van der Waals surface area contributed by atoms with Crippen molar-refractivity contribution in [3.8, 4) is 17.4 Å². The van der Waals surface area contributed by atoms with E-state index in [-0.39, 0.29) is 0 Å². The van der Waals surface area contributed by atoms with Gasteiger partial charge in [0.1, 0.15) is 22.6 Å². The molecule has 5 heteroatoms. The van der Waals surface area contributed by atoms with E-state index in [9.17, 15) is 5.26 Å². The van der Waals surface area contributed by atoms with Crippen molar-refractivity contribution in [2.45, 2.75) is 0 Å². The highest BCUT2D eigenvalue weighted by Gasteiger charge is 2.10. The Morgan fingerprint density at radius 1 is 1.08 bits per heavy atom. The lowest BCUT2D eigenvalue weighted by atomic mass is 10.2. The zero-order valence-corrected chi connectivity index (χ0v) is 14.5. The number of halogens is 1. The van der Waals surface area contributed by atoms with Crippen LogP contribution < -0.4 is 0 Å². The normalized spacial score (nSPS) is 11.6. The average Bonchev–Trinajstić information content (AvgIpc) is 3.27. The third-order valence-electron chi connectivity index (χ3n) is 3.69. The van der Waals surface area contributed by atoms with E-state index in [1.54, 1.807) is 6.08 Å². The fraction of sp³-hybridized carbons (Fsp3) is 0. The zero-order valence-electron chi connectivity index (χ0n) is 12.9. The van der Waals surface area contributed by atoms with Crippen LogP contribution in [0.25, 0.3) is 33.2 Å². The number of rotatable bonds is 3. The number of para-hydroxylation sites is 1. The number of nitrogens with zero attached hydrogens (tertiary/aromatic N) is 2. The van der Waals surface area contributed by atoms with Gasteiger partial charge in [0.25, 0.3) is 0 Å². The molecule has 0 N–H and O–H groups in total. The summed E-state index contributed by atoms with van der Waals surface area (Å²) in [4.78, 5) is 4.53. The number of nitriles is 1. The first-order chi connectivity index (χ1) is 12.2. The summed E-state index contributed by atoms with van der Waals surface area (Å²) in [6.07, 6.45) is 1.72. The first-order valence-corrected chi connectivity index (χ1v) is 8.76. The predicted molar refractivity (Wildman–Crippen MR) is 102 cm³/mol. The molecule has 0 fully saturated rings. The van der Waals surface area contributed by atoms with Crippen molar-refractivity contribution in [2.24, 2.45) is 0 Å². The standard InChI is InChI=1S/C20H11ClN2OS/c21-15-7-5-13(6-8-15)18-10-9-16(24-18)11-14(12-22)20-23-17-3-1-2-4-19(17)25-20/h1-11H/b14-11+. The van der Waals surface area contributed by atoms with Gasteiger partial charge in [-0.3, -0.25) is 0 Å². The number of fused-ring (bicyclic) bond motifs is 1. The Hall–Kier alpha value is -2.87. The van der Waals surface area contributed by atoms with Crippen molar-refractivity contribution in [3.05, 3.63) is 76.5 Å². The molecule has 0 saturated heterocycles. The summed E-state index contributed by atoms with van der Waals surface area (Å²) in [6.45, 7) is 0. The van der Waals surface area contributed by atoms with Crippen LogP contribution in [-0.4, -0.2) is 4.98 Å². The lowest BCUT2D eigenvalue weighted by molar-refractivity contribution is 0.572. The SMILES string of the molecule is N#C/C(=C\c1ccc(-c2ccc(Cl)cc2)o1)c1nc2ccccc2s1. The number of hydrogen-bond donors (Lipinski definition) is 0. The molecule has 0 atom stereocenters. The number of allylic oxidation sites excluding steroid dienone is 1. The van der Waals surface area contributed by atoms with Crippen LogP contribution >= 0.6 is 22.9 Å². The van der Waals surface area contributed by atoms with E-state index in [0.29, 0.717) is 21.4 Å². The van der Waals surface area contributed by atoms with Crippen LogP contribution in [0.2, 0.25) is 5.02 Å². The fourth-order valence-electron chi connectivity index (χ4n) is 2.47. The van der Waals surface area contributed by atoms with Gasteiger partial charge < -0.3 is 4.42 Å². The summed E-state index contributed by atoms with van der Waals surface area (Å²) < 4.78 is 6.90. The second-order valence-corrected chi connectivity index (χ2v) is 6.83. The number of hydrogen-bond acceptors (Lipinski definition) is 4. The van der Waals surface area contributed by atoms with Gasteiger partial charge in [-0.05, 0) is 48.5 Å². The van der Waals surface area contributed by atoms with E-state index >= 15 is 0 Å². The Labute approximate surface area is 153 Å². The molecule has 120 valence electrons. The minimum atomic E-state index is 0.484. The van der Waals surface area contributed by atoms with Crippen molar-refractivity contribution in [2.75, 3.05) is 0 Å². The molecule has 25 heavy (non-hydrogen) atoms. The summed E-state index contributed by atoms with van der Waals surface area (Å²) in [7, 11) is 0. The van der Waals surface area contributed by atoms with Gasteiger partial charge in [0.15, 0.2) is 0 Å². The maximum Gasteiger partial charge on any atom is 0.135 e. The topological polar surface area (TPSA) is 49.8 Å². The molecule has 2 heterocycles. The van der Waals surface area contributed by atoms with Crippen molar-refractivity contribution < 1.29 is 4.42 Å². The van der Waals surface area contributed by atoms with Gasteiger partial charge in [0, 0.05) is 16.7 Å². The van der Waals surface area contributed by atoms with Gasteiger partial charge in [-0.1, -0.05) is 23.7 Å². The Morgan fingerprint density at radius 3 is 2.64 bits per heavy atom. The lowest BCUT2D eigenvalue weighted by Crippen LogP contribution is -1.79. The van der Waals surface area contributed by atoms with Gasteiger partial charge in [-0.25, -0.2) is 4.98 Å². The first-order valence-electron chi connectivity index (χ1n) is 7.56. The molecule has 4 aromatic rings. The average molecular weight is 363 g/mol. The van der Waals surface area contributed by atoms with E-state index in [1.165, 1.54) is 11.3 Å². The quantitative estimate of drug-likeness (QED) is 0.403. The van der Waals surface area contributed by atoms with E-state index in [1.807, 2.05) is 60.7 Å². The van der Waals surface area contributed by atoms with Crippen LogP contribution in [0, 0.1) is 11.3 Å². The maximum atomic E-state index is 9.51. The highest BCUT2D eigenvalue weighted by Crippen LogP contribution is 2.29. The molecule has 3 nitrogen and oxygen atoms in total. The Bertz CT molecular complexity index is 1080. The van der Waals surface area contributed by atoms with Crippen molar-refractivity contribution >= 4 is 44.8 Å². The Kier molecular flexibility index (Phi) is 4.10. The molecule has 0 radical (unpaired) electrons. The first kappa shape index (κ1) is 15.6. The molecule has 0 aliphatic heterocycles. The van der Waals surface area contributed by atoms with E-state index < -0.39 is 0 Å². The molecular formula is C20H11ClN2OS. The van der Waals surface area contributed by atoms with Gasteiger partial charge in [0.2, 0.25) is 0 Å². The van der Waals surface area contributed by atoms with Gasteiger partial charge in [-0.2, -0.15) is 5.26 Å². The second-order valence-electron chi connectivity index (χ2n) is 5.37. The molecule has 2 aromatic heterocycles. The number of furan rings is 1. The molecule has 0 unspecified atom stereocenters. The molecule has 0 spiro atoms. The highest BCUT2D eigenvalue weighted by atomic mass is 35.5. The number of aromatic nitrogens is 1. The van der Waals surface area contributed by atoms with Crippen LogP contribution in [0.5, 0.6) is 0 Å². The largest absolute Gasteiger partial charge is 0.457 e. The molecule has 0 aliphatic carbocycles. The fourth-order valence-corrected chi connectivity index (χ4v) is 3.53. The van der Waals surface area contributed by atoms with Crippen LogP contribution in [0.3, 0.4) is 0 Å². The number of thiazole rings is 1. The second kappa shape index (κ2) is 6.56. The molecule has 0 saturated carbocycles. The summed E-state index contributed by atoms with van der Waals surface area (Å²) >= 11 is 7.41. The van der Waals surface area contributed by atoms with Crippen LogP contribution in [0.1, 0.15) is 10.8 Å². The number of benzene rings is 2. The summed E-state index contributed by atoms with van der Waals surface area (Å²) in [5, 5.41) is 10.9. The highest BCUT2D eigenvalue weighted by molar-refractivity contribution is 7.19. The molecule has 0 amide bonds. The maximum absolute atomic E-state index is 9.51. The molecule has 4 rings (SSSR count). The monoisotopic (exact) mass is 362 g/mol. The minimum absolute atomic E-state index is 0.484. The third-order valence-corrected chi connectivity index (χ3v) is 5.01. The molecule has 2 aromatic carbocycles. The predicted octanol–water partition coefficient (Wildman–Crippen LogP) is 6.27. The van der Waals surface area contributed by atoms with Crippen molar-refractivity contribution in [3.63, 3.8) is 0 Å². The lowest BCUT2D eigenvalue weighted by Gasteiger charge is -1.96. The van der Waals surface area contributed by atoms with E-state index in [0.717, 1.165) is 21.5 Å². The molecular weight excluding hydrogens is 352 g/mol. The van der Waals surface area contributed by atoms with Gasteiger partial charge in [-0.15, -0.1) is 11.3 Å². The smallest absolute Gasteiger partial charge is 0.135 e. The van der Waals surface area contributed by atoms with Crippen molar-refractivity contribution in [1.82, 2.24) is 4.98 Å². The summed E-state index contributed by atoms with van der Waals surface area (Å²) in [5.74, 6) is 1.34. The molecule has 0 aliphatic rings. The molecule has 0 bridgehead atoms.